The molecule has 1 spiro atoms. The lowest BCUT2D eigenvalue weighted by Gasteiger charge is -2.35. The van der Waals surface area contributed by atoms with Gasteiger partial charge in [-0.1, -0.05) is 49.6 Å². The third-order valence-electron chi connectivity index (χ3n) is 5.89. The summed E-state index contributed by atoms with van der Waals surface area (Å²) in [4.78, 5) is 52.8. The molecule has 1 aromatic carbocycles. The first-order valence-electron chi connectivity index (χ1n) is 9.90. The number of carbonyl (C=O) groups is 4. The molecule has 1 N–H and O–H groups in total. The Morgan fingerprint density at radius 3 is 2.41 bits per heavy atom. The summed E-state index contributed by atoms with van der Waals surface area (Å²) in [5.74, 6) is -1.47. The fourth-order valence-corrected chi connectivity index (χ4v) is 4.24. The number of benzene rings is 1. The Hall–Kier alpha value is -2.90. The minimum Gasteiger partial charge on any atom is -0.467 e. The van der Waals surface area contributed by atoms with Crippen LogP contribution in [0.4, 0.5) is 4.79 Å². The third-order valence-corrected chi connectivity index (χ3v) is 5.89. The minimum atomic E-state index is -0.899. The Balaban J connectivity index is 1.68. The van der Waals surface area contributed by atoms with E-state index in [0.717, 1.165) is 29.7 Å². The Kier molecular flexibility index (Phi) is 6.20. The first kappa shape index (κ1) is 20.8. The zero-order valence-electron chi connectivity index (χ0n) is 16.8. The Bertz CT molecular complexity index is 789. The van der Waals surface area contributed by atoms with Crippen molar-refractivity contribution in [2.24, 2.45) is 0 Å². The van der Waals surface area contributed by atoms with Crippen LogP contribution in [0.2, 0.25) is 0 Å². The second-order valence-electron chi connectivity index (χ2n) is 7.66. The topological polar surface area (TPSA) is 96.0 Å². The highest BCUT2D eigenvalue weighted by molar-refractivity contribution is 6.09. The summed E-state index contributed by atoms with van der Waals surface area (Å²) in [5.41, 5.74) is 0.0268. The predicted molar refractivity (Wildman–Crippen MR) is 105 cm³/mol. The van der Waals surface area contributed by atoms with Gasteiger partial charge in [0.25, 0.3) is 5.91 Å². The van der Waals surface area contributed by atoms with E-state index in [1.165, 1.54) is 12.0 Å². The number of nitrogens with one attached hydrogen (secondary N) is 1. The molecule has 156 valence electrons. The standard InChI is InChI=1S/C21H27N3O5/c1-23-20(28)24(19(27)21(23)11-7-4-8-12-21)14-17(25)22-16(18(26)29-2)13-15-9-5-3-6-10-15/h3,5-6,9-10,16H,4,7-8,11-14H2,1-2H3,(H,22,25). The normalized spacial score (nSPS) is 19.4. The van der Waals surface area contributed by atoms with E-state index in [-0.39, 0.29) is 12.3 Å². The maximum absolute atomic E-state index is 13.0. The summed E-state index contributed by atoms with van der Waals surface area (Å²) in [6.45, 7) is -0.411. The van der Waals surface area contributed by atoms with Crippen LogP contribution in [-0.2, 0) is 25.5 Å². The number of nitrogens with zero attached hydrogens (tertiary/aromatic N) is 2. The molecule has 2 aliphatic rings. The van der Waals surface area contributed by atoms with Crippen molar-refractivity contribution in [3.63, 3.8) is 0 Å². The fourth-order valence-electron chi connectivity index (χ4n) is 4.24. The molecular weight excluding hydrogens is 374 g/mol. The lowest BCUT2D eigenvalue weighted by molar-refractivity contribution is -0.145. The van der Waals surface area contributed by atoms with Crippen molar-refractivity contribution < 1.29 is 23.9 Å². The number of ether oxygens (including phenoxy) is 1. The van der Waals surface area contributed by atoms with E-state index in [0.29, 0.717) is 12.8 Å². The summed E-state index contributed by atoms with van der Waals surface area (Å²) < 4.78 is 4.80. The summed E-state index contributed by atoms with van der Waals surface area (Å²) >= 11 is 0. The maximum Gasteiger partial charge on any atom is 0.328 e. The Morgan fingerprint density at radius 2 is 1.79 bits per heavy atom. The van der Waals surface area contributed by atoms with Gasteiger partial charge in [-0.15, -0.1) is 0 Å². The van der Waals surface area contributed by atoms with Gasteiger partial charge in [-0.25, -0.2) is 9.59 Å². The number of urea groups is 1. The van der Waals surface area contributed by atoms with Crippen molar-refractivity contribution >= 4 is 23.8 Å². The Morgan fingerprint density at radius 1 is 1.14 bits per heavy atom. The molecule has 8 nitrogen and oxygen atoms in total. The molecule has 1 heterocycles. The SMILES string of the molecule is COC(=O)C(Cc1ccccc1)NC(=O)CN1C(=O)N(C)C2(CCCCC2)C1=O. The van der Waals surface area contributed by atoms with Crippen LogP contribution in [0.15, 0.2) is 30.3 Å². The molecule has 3 rings (SSSR count). The Labute approximate surface area is 170 Å². The molecule has 1 aromatic rings. The molecule has 8 heteroatoms. The van der Waals surface area contributed by atoms with Crippen molar-refractivity contribution in [3.8, 4) is 0 Å². The number of hydrogen-bond donors (Lipinski definition) is 1. The summed E-state index contributed by atoms with van der Waals surface area (Å²) in [6, 6.07) is 7.86. The molecule has 1 atom stereocenters. The number of methoxy groups -OCH3 is 1. The van der Waals surface area contributed by atoms with Gasteiger partial charge in [0, 0.05) is 13.5 Å². The van der Waals surface area contributed by atoms with Crippen LogP contribution < -0.4 is 5.32 Å². The maximum atomic E-state index is 13.0. The molecule has 1 saturated carbocycles. The number of hydrogen-bond acceptors (Lipinski definition) is 5. The molecule has 1 aliphatic carbocycles. The highest BCUT2D eigenvalue weighted by Gasteiger charge is 2.55. The molecule has 4 amide bonds. The molecule has 29 heavy (non-hydrogen) atoms. The zero-order valence-corrected chi connectivity index (χ0v) is 16.8. The fraction of sp³-hybridized carbons (Fsp3) is 0.524. The molecule has 1 aliphatic heterocycles. The number of amides is 4. The van der Waals surface area contributed by atoms with Crippen LogP contribution in [0.3, 0.4) is 0 Å². The minimum absolute atomic E-state index is 0.255. The first-order chi connectivity index (χ1) is 13.9. The van der Waals surface area contributed by atoms with E-state index in [9.17, 15) is 19.2 Å². The second kappa shape index (κ2) is 8.63. The van der Waals surface area contributed by atoms with Crippen LogP contribution in [0.5, 0.6) is 0 Å². The van der Waals surface area contributed by atoms with Crippen LogP contribution in [0.25, 0.3) is 0 Å². The summed E-state index contributed by atoms with van der Waals surface area (Å²) in [5, 5.41) is 2.61. The number of rotatable bonds is 6. The lowest BCUT2D eigenvalue weighted by atomic mass is 9.81. The van der Waals surface area contributed by atoms with Gasteiger partial charge in [0.05, 0.1) is 7.11 Å². The van der Waals surface area contributed by atoms with E-state index in [2.05, 4.69) is 5.32 Å². The third kappa shape index (κ3) is 4.11. The highest BCUT2D eigenvalue weighted by Crippen LogP contribution is 2.39. The van der Waals surface area contributed by atoms with E-state index >= 15 is 0 Å². The van der Waals surface area contributed by atoms with Crippen molar-refractivity contribution in [2.45, 2.75) is 50.1 Å². The van der Waals surface area contributed by atoms with Gasteiger partial charge in [-0.2, -0.15) is 0 Å². The van der Waals surface area contributed by atoms with Crippen molar-refractivity contribution in [2.75, 3.05) is 20.7 Å². The van der Waals surface area contributed by atoms with Gasteiger partial charge in [0.2, 0.25) is 5.91 Å². The molecule has 2 fully saturated rings. The van der Waals surface area contributed by atoms with Crippen LogP contribution in [0, 0.1) is 0 Å². The van der Waals surface area contributed by atoms with Crippen LogP contribution in [0.1, 0.15) is 37.7 Å². The lowest BCUT2D eigenvalue weighted by Crippen LogP contribution is -2.50. The average Bonchev–Trinajstić information content (AvgIpc) is 2.90. The predicted octanol–water partition coefficient (Wildman–Crippen LogP) is 1.48. The monoisotopic (exact) mass is 401 g/mol. The molecule has 0 radical (unpaired) electrons. The van der Waals surface area contributed by atoms with Gasteiger partial charge in [0.15, 0.2) is 0 Å². The summed E-state index contributed by atoms with van der Waals surface area (Å²) in [6.07, 6.45) is 4.29. The average molecular weight is 401 g/mol. The van der Waals surface area contributed by atoms with Crippen molar-refractivity contribution in [1.29, 1.82) is 0 Å². The first-order valence-corrected chi connectivity index (χ1v) is 9.90. The largest absolute Gasteiger partial charge is 0.467 e. The van der Waals surface area contributed by atoms with E-state index in [1.54, 1.807) is 7.05 Å². The van der Waals surface area contributed by atoms with Crippen LogP contribution in [-0.4, -0.2) is 65.9 Å². The van der Waals surface area contributed by atoms with Crippen molar-refractivity contribution in [1.82, 2.24) is 15.1 Å². The van der Waals surface area contributed by atoms with Gasteiger partial charge >= 0.3 is 12.0 Å². The van der Waals surface area contributed by atoms with E-state index in [4.69, 9.17) is 4.74 Å². The van der Waals surface area contributed by atoms with Gasteiger partial charge < -0.3 is 15.0 Å². The smallest absolute Gasteiger partial charge is 0.328 e. The number of likely N-dealkylation sites (N-methyl/N-ethyl adjacent to an activating group) is 1. The van der Waals surface area contributed by atoms with Crippen LogP contribution >= 0.6 is 0 Å². The summed E-state index contributed by atoms with van der Waals surface area (Å²) in [7, 11) is 2.87. The number of esters is 1. The van der Waals surface area contributed by atoms with E-state index in [1.807, 2.05) is 30.3 Å². The molecule has 0 bridgehead atoms. The molecular formula is C21H27N3O5. The van der Waals surface area contributed by atoms with E-state index < -0.39 is 36.0 Å². The number of imide groups is 1. The highest BCUT2D eigenvalue weighted by atomic mass is 16.5. The zero-order chi connectivity index (χ0) is 21.0. The quantitative estimate of drug-likeness (QED) is 0.575. The number of carbonyl (C=O) groups excluding carboxylic acids is 4. The van der Waals surface area contributed by atoms with Gasteiger partial charge in [0.1, 0.15) is 18.1 Å². The molecule has 1 saturated heterocycles. The van der Waals surface area contributed by atoms with Gasteiger partial charge in [-0.3, -0.25) is 14.5 Å². The molecule has 1 unspecified atom stereocenters. The second-order valence-corrected chi connectivity index (χ2v) is 7.66. The van der Waals surface area contributed by atoms with Gasteiger partial charge in [-0.05, 0) is 18.4 Å². The van der Waals surface area contributed by atoms with Crippen molar-refractivity contribution in [3.05, 3.63) is 35.9 Å². The molecule has 0 aromatic heterocycles.